The van der Waals surface area contributed by atoms with Crippen molar-refractivity contribution < 1.29 is 13.2 Å². The number of fused-ring (bicyclic) bond motifs is 1. The Morgan fingerprint density at radius 3 is 2.53 bits per heavy atom. The van der Waals surface area contributed by atoms with Crippen molar-refractivity contribution in [3.8, 4) is 11.3 Å². The second-order valence-corrected chi connectivity index (χ2v) is 8.70. The molecule has 0 spiro atoms. The fourth-order valence-electron chi connectivity index (χ4n) is 3.44. The molecule has 30 heavy (non-hydrogen) atoms. The summed E-state index contributed by atoms with van der Waals surface area (Å²) in [6, 6.07) is 18.0. The van der Waals surface area contributed by atoms with Gasteiger partial charge in [0.2, 0.25) is 10.0 Å². The van der Waals surface area contributed by atoms with Gasteiger partial charge in [-0.1, -0.05) is 42.5 Å². The van der Waals surface area contributed by atoms with E-state index in [4.69, 9.17) is 0 Å². The first kappa shape index (κ1) is 19.8. The zero-order chi connectivity index (χ0) is 21.3. The lowest BCUT2D eigenvalue weighted by atomic mass is 10.1. The molecular weight excluding hydrogens is 400 g/mol. The van der Waals surface area contributed by atoms with E-state index in [1.165, 1.54) is 16.8 Å². The SMILES string of the molecule is CCN(c1cccc(-c2ccnc3c(C(=O)c4ccccc4)cnn23)c1)S(C)(=O)=O. The number of carbonyl (C=O) groups excluding carboxylic acids is 1. The molecular formula is C22H20N4O3S. The van der Waals surface area contributed by atoms with Crippen molar-refractivity contribution in [2.45, 2.75) is 6.92 Å². The lowest BCUT2D eigenvalue weighted by Crippen LogP contribution is -2.29. The van der Waals surface area contributed by atoms with Gasteiger partial charge in [0.05, 0.1) is 29.4 Å². The molecule has 152 valence electrons. The zero-order valence-corrected chi connectivity index (χ0v) is 17.4. The molecule has 0 unspecified atom stereocenters. The minimum atomic E-state index is -3.39. The number of ketones is 1. The molecule has 0 saturated heterocycles. The smallest absolute Gasteiger partial charge is 0.232 e. The number of rotatable bonds is 6. The molecule has 8 heteroatoms. The van der Waals surface area contributed by atoms with E-state index in [1.807, 2.05) is 24.3 Å². The van der Waals surface area contributed by atoms with Crippen LogP contribution in [0, 0.1) is 0 Å². The van der Waals surface area contributed by atoms with Crippen LogP contribution in [0.5, 0.6) is 0 Å². The van der Waals surface area contributed by atoms with E-state index < -0.39 is 10.0 Å². The van der Waals surface area contributed by atoms with Crippen LogP contribution in [0.2, 0.25) is 0 Å². The van der Waals surface area contributed by atoms with Crippen LogP contribution in [0.15, 0.2) is 73.1 Å². The largest absolute Gasteiger partial charge is 0.288 e. The molecule has 0 saturated carbocycles. The summed E-state index contributed by atoms with van der Waals surface area (Å²) in [5, 5.41) is 4.39. The molecule has 2 aromatic carbocycles. The lowest BCUT2D eigenvalue weighted by Gasteiger charge is -2.21. The Kier molecular flexibility index (Phi) is 5.09. The van der Waals surface area contributed by atoms with Gasteiger partial charge in [0.15, 0.2) is 11.4 Å². The monoisotopic (exact) mass is 420 g/mol. The van der Waals surface area contributed by atoms with Crippen LogP contribution in [-0.4, -0.2) is 41.6 Å². The highest BCUT2D eigenvalue weighted by molar-refractivity contribution is 7.92. The van der Waals surface area contributed by atoms with Crippen LogP contribution in [0.3, 0.4) is 0 Å². The summed E-state index contributed by atoms with van der Waals surface area (Å²) in [6.07, 6.45) is 4.32. The van der Waals surface area contributed by atoms with E-state index in [0.29, 0.717) is 34.7 Å². The summed E-state index contributed by atoms with van der Waals surface area (Å²) in [4.78, 5) is 17.3. The van der Waals surface area contributed by atoms with Gasteiger partial charge in [0, 0.05) is 23.9 Å². The molecule has 0 fully saturated rings. The Labute approximate surface area is 174 Å². The fraction of sp³-hybridized carbons (Fsp3) is 0.136. The first-order chi connectivity index (χ1) is 14.4. The topological polar surface area (TPSA) is 84.6 Å². The Morgan fingerprint density at radius 2 is 1.83 bits per heavy atom. The average Bonchev–Trinajstić information content (AvgIpc) is 3.18. The third-order valence-electron chi connectivity index (χ3n) is 4.80. The van der Waals surface area contributed by atoms with Crippen molar-refractivity contribution in [1.29, 1.82) is 0 Å². The van der Waals surface area contributed by atoms with Gasteiger partial charge < -0.3 is 0 Å². The molecule has 0 radical (unpaired) electrons. The van der Waals surface area contributed by atoms with Crippen molar-refractivity contribution in [3.63, 3.8) is 0 Å². The number of aromatic nitrogens is 3. The third kappa shape index (κ3) is 3.57. The second kappa shape index (κ2) is 7.72. The quantitative estimate of drug-likeness (QED) is 0.446. The summed E-state index contributed by atoms with van der Waals surface area (Å²) in [6.45, 7) is 2.11. The Balaban J connectivity index is 1.81. The number of benzene rings is 2. The predicted octanol–water partition coefficient (Wildman–Crippen LogP) is 3.41. The minimum Gasteiger partial charge on any atom is -0.288 e. The maximum absolute atomic E-state index is 12.9. The van der Waals surface area contributed by atoms with E-state index in [2.05, 4.69) is 10.1 Å². The highest BCUT2D eigenvalue weighted by Crippen LogP contribution is 2.27. The van der Waals surface area contributed by atoms with Gasteiger partial charge in [0.25, 0.3) is 0 Å². The van der Waals surface area contributed by atoms with Crippen molar-refractivity contribution in [3.05, 3.63) is 84.2 Å². The van der Waals surface area contributed by atoms with Crippen LogP contribution in [0.4, 0.5) is 5.69 Å². The molecule has 7 nitrogen and oxygen atoms in total. The zero-order valence-electron chi connectivity index (χ0n) is 16.6. The summed E-state index contributed by atoms with van der Waals surface area (Å²) in [5.74, 6) is -0.154. The van der Waals surface area contributed by atoms with E-state index in [9.17, 15) is 13.2 Å². The van der Waals surface area contributed by atoms with Crippen molar-refractivity contribution in [1.82, 2.24) is 14.6 Å². The number of carbonyl (C=O) groups is 1. The van der Waals surface area contributed by atoms with Crippen LogP contribution >= 0.6 is 0 Å². The standard InChI is InChI=1S/C22H20N4O3S/c1-3-25(30(2,28)29)18-11-7-10-17(14-18)20-12-13-23-22-19(15-24-26(20)22)21(27)16-8-5-4-6-9-16/h4-15H,3H2,1-2H3. The van der Waals surface area contributed by atoms with Gasteiger partial charge in [-0.3, -0.25) is 9.10 Å². The fourth-order valence-corrected chi connectivity index (χ4v) is 4.41. The van der Waals surface area contributed by atoms with Gasteiger partial charge in [-0.15, -0.1) is 0 Å². The molecule has 0 N–H and O–H groups in total. The Hall–Kier alpha value is -3.52. The normalized spacial score (nSPS) is 11.5. The summed E-state index contributed by atoms with van der Waals surface area (Å²) in [7, 11) is -3.39. The summed E-state index contributed by atoms with van der Waals surface area (Å²) < 4.78 is 27.1. The molecule has 0 aliphatic rings. The second-order valence-electron chi connectivity index (χ2n) is 6.80. The van der Waals surface area contributed by atoms with Gasteiger partial charge in [-0.2, -0.15) is 5.10 Å². The highest BCUT2D eigenvalue weighted by Gasteiger charge is 2.19. The molecule has 0 aliphatic carbocycles. The molecule has 0 atom stereocenters. The molecule has 2 aromatic heterocycles. The Morgan fingerprint density at radius 1 is 1.07 bits per heavy atom. The lowest BCUT2D eigenvalue weighted by molar-refractivity contribution is 0.104. The van der Waals surface area contributed by atoms with Crippen molar-refractivity contribution in [2.75, 3.05) is 17.1 Å². The van der Waals surface area contributed by atoms with Gasteiger partial charge >= 0.3 is 0 Å². The van der Waals surface area contributed by atoms with E-state index in [-0.39, 0.29) is 5.78 Å². The maximum atomic E-state index is 12.9. The number of sulfonamides is 1. The number of nitrogens with zero attached hydrogens (tertiary/aromatic N) is 4. The van der Waals surface area contributed by atoms with Crippen molar-refractivity contribution in [2.24, 2.45) is 0 Å². The van der Waals surface area contributed by atoms with Crippen molar-refractivity contribution >= 4 is 27.1 Å². The maximum Gasteiger partial charge on any atom is 0.232 e. The summed E-state index contributed by atoms with van der Waals surface area (Å²) in [5.41, 5.74) is 3.46. The molecule has 2 heterocycles. The molecule has 0 bridgehead atoms. The van der Waals surface area contributed by atoms with E-state index in [1.54, 1.807) is 54.0 Å². The van der Waals surface area contributed by atoms with Crippen LogP contribution in [0.25, 0.3) is 16.9 Å². The number of anilines is 1. The molecule has 0 amide bonds. The number of hydrogen-bond acceptors (Lipinski definition) is 5. The van der Waals surface area contributed by atoms with Crippen LogP contribution < -0.4 is 4.31 Å². The minimum absolute atomic E-state index is 0.154. The predicted molar refractivity (Wildman–Crippen MR) is 116 cm³/mol. The van der Waals surface area contributed by atoms with Crippen LogP contribution in [-0.2, 0) is 10.0 Å². The first-order valence-electron chi connectivity index (χ1n) is 9.41. The summed E-state index contributed by atoms with van der Waals surface area (Å²) >= 11 is 0. The third-order valence-corrected chi connectivity index (χ3v) is 6.07. The molecule has 0 aliphatic heterocycles. The molecule has 4 aromatic rings. The highest BCUT2D eigenvalue weighted by atomic mass is 32.2. The van der Waals surface area contributed by atoms with E-state index >= 15 is 0 Å². The van der Waals surface area contributed by atoms with Gasteiger partial charge in [-0.25, -0.2) is 17.9 Å². The van der Waals surface area contributed by atoms with E-state index in [0.717, 1.165) is 5.56 Å². The van der Waals surface area contributed by atoms with Crippen LogP contribution in [0.1, 0.15) is 22.8 Å². The molecule has 4 rings (SSSR count). The Bertz CT molecular complexity index is 1330. The van der Waals surface area contributed by atoms with Gasteiger partial charge in [-0.05, 0) is 25.1 Å². The number of hydrogen-bond donors (Lipinski definition) is 0. The van der Waals surface area contributed by atoms with Gasteiger partial charge in [0.1, 0.15) is 0 Å². The first-order valence-corrected chi connectivity index (χ1v) is 11.3. The average molecular weight is 420 g/mol.